The molecule has 0 aliphatic heterocycles. The predicted molar refractivity (Wildman–Crippen MR) is 78.5 cm³/mol. The average Bonchev–Trinajstić information content (AvgIpc) is 2.38. The summed E-state index contributed by atoms with van der Waals surface area (Å²) in [5.74, 6) is -1.61. The van der Waals surface area contributed by atoms with Crippen molar-refractivity contribution >= 4 is 35.2 Å². The van der Waals surface area contributed by atoms with Crippen LogP contribution in [-0.4, -0.2) is 11.1 Å². The quantitative estimate of drug-likeness (QED) is 0.819. The van der Waals surface area contributed by atoms with Gasteiger partial charge in [-0.3, -0.25) is 0 Å². The Hall–Kier alpha value is -1.84. The van der Waals surface area contributed by atoms with Gasteiger partial charge in [-0.25, -0.2) is 9.18 Å². The van der Waals surface area contributed by atoms with E-state index in [0.29, 0.717) is 21.2 Å². The molecule has 0 radical (unpaired) electrons. The molecule has 1 N–H and O–H groups in total. The number of hydrogen-bond acceptors (Lipinski definition) is 1. The van der Waals surface area contributed by atoms with Gasteiger partial charge in [0, 0.05) is 27.2 Å². The summed E-state index contributed by atoms with van der Waals surface area (Å²) in [6, 6.07) is 9.27. The molecule has 0 heterocycles. The summed E-state index contributed by atoms with van der Waals surface area (Å²) in [6.45, 7) is 0. The fourth-order valence-corrected chi connectivity index (χ4v) is 2.36. The van der Waals surface area contributed by atoms with Crippen LogP contribution in [0.15, 0.2) is 42.5 Å². The van der Waals surface area contributed by atoms with Gasteiger partial charge in [0.15, 0.2) is 0 Å². The monoisotopic (exact) mass is 310 g/mol. The molecule has 0 bridgehead atoms. The van der Waals surface area contributed by atoms with Crippen molar-refractivity contribution in [1.82, 2.24) is 0 Å². The number of hydrogen-bond donors (Lipinski definition) is 1. The lowest BCUT2D eigenvalue weighted by atomic mass is 10.0. The number of rotatable bonds is 3. The van der Waals surface area contributed by atoms with Crippen LogP contribution in [0.25, 0.3) is 17.2 Å². The van der Waals surface area contributed by atoms with Crippen molar-refractivity contribution in [3.63, 3.8) is 0 Å². The minimum absolute atomic E-state index is 0.271. The Morgan fingerprint density at radius 2 is 1.80 bits per heavy atom. The largest absolute Gasteiger partial charge is 0.478 e. The second-order valence-electron chi connectivity index (χ2n) is 4.01. The summed E-state index contributed by atoms with van der Waals surface area (Å²) in [7, 11) is 0. The van der Waals surface area contributed by atoms with Crippen LogP contribution in [0.5, 0.6) is 0 Å². The number of aliphatic carboxylic acids is 1. The molecule has 0 aromatic heterocycles. The highest BCUT2D eigenvalue weighted by Gasteiger charge is 2.12. The Balaban J connectivity index is 2.47. The van der Waals surface area contributed by atoms with Crippen molar-refractivity contribution in [2.75, 3.05) is 0 Å². The van der Waals surface area contributed by atoms with E-state index in [1.54, 1.807) is 24.3 Å². The van der Waals surface area contributed by atoms with Gasteiger partial charge in [-0.2, -0.15) is 0 Å². The Morgan fingerprint density at radius 1 is 1.15 bits per heavy atom. The lowest BCUT2D eigenvalue weighted by Crippen LogP contribution is -1.89. The van der Waals surface area contributed by atoms with Crippen LogP contribution in [0.2, 0.25) is 10.0 Å². The van der Waals surface area contributed by atoms with E-state index in [1.807, 2.05) is 0 Å². The Kier molecular flexibility index (Phi) is 4.42. The molecule has 0 atom stereocenters. The van der Waals surface area contributed by atoms with Crippen molar-refractivity contribution < 1.29 is 14.3 Å². The van der Waals surface area contributed by atoms with Crippen molar-refractivity contribution in [2.45, 2.75) is 0 Å². The summed E-state index contributed by atoms with van der Waals surface area (Å²) < 4.78 is 14.1. The van der Waals surface area contributed by atoms with E-state index in [9.17, 15) is 9.18 Å². The smallest absolute Gasteiger partial charge is 0.328 e. The summed E-state index contributed by atoms with van der Waals surface area (Å²) >= 11 is 12.1. The van der Waals surface area contributed by atoms with Gasteiger partial charge in [0.05, 0.1) is 0 Å². The molecule has 0 fully saturated rings. The van der Waals surface area contributed by atoms with Crippen LogP contribution in [-0.2, 0) is 4.79 Å². The SMILES string of the molecule is O=C(O)/C=C/c1ccc(-c2c(Cl)cccc2Cl)c(F)c1. The first-order valence-electron chi connectivity index (χ1n) is 5.64. The van der Waals surface area contributed by atoms with Crippen LogP contribution in [0.3, 0.4) is 0 Å². The van der Waals surface area contributed by atoms with E-state index in [2.05, 4.69) is 0 Å². The Bertz CT molecular complexity index is 676. The second-order valence-corrected chi connectivity index (χ2v) is 4.82. The minimum Gasteiger partial charge on any atom is -0.478 e. The zero-order valence-electron chi connectivity index (χ0n) is 10.1. The Labute approximate surface area is 125 Å². The highest BCUT2D eigenvalue weighted by Crippen LogP contribution is 2.36. The molecule has 0 aliphatic carbocycles. The molecule has 0 saturated carbocycles. The van der Waals surface area contributed by atoms with Crippen molar-refractivity contribution in [2.24, 2.45) is 0 Å². The van der Waals surface area contributed by atoms with Gasteiger partial charge in [-0.1, -0.05) is 41.4 Å². The molecule has 2 aromatic rings. The number of halogens is 3. The molecular formula is C15H9Cl2FO2. The maximum Gasteiger partial charge on any atom is 0.328 e. The topological polar surface area (TPSA) is 37.3 Å². The number of carboxylic acid groups (broad SMARTS) is 1. The van der Waals surface area contributed by atoms with Gasteiger partial charge in [-0.15, -0.1) is 0 Å². The zero-order chi connectivity index (χ0) is 14.7. The zero-order valence-corrected chi connectivity index (χ0v) is 11.6. The number of carbonyl (C=O) groups is 1. The third-order valence-electron chi connectivity index (χ3n) is 2.64. The van der Waals surface area contributed by atoms with Gasteiger partial charge >= 0.3 is 5.97 Å². The summed E-state index contributed by atoms with van der Waals surface area (Å²) in [5.41, 5.74) is 1.13. The molecule has 0 amide bonds. The van der Waals surface area contributed by atoms with E-state index in [0.717, 1.165) is 6.08 Å². The van der Waals surface area contributed by atoms with Crippen molar-refractivity contribution in [1.29, 1.82) is 0 Å². The van der Waals surface area contributed by atoms with E-state index >= 15 is 0 Å². The lowest BCUT2D eigenvalue weighted by molar-refractivity contribution is -0.131. The average molecular weight is 311 g/mol. The second kappa shape index (κ2) is 6.07. The highest BCUT2D eigenvalue weighted by molar-refractivity contribution is 6.39. The number of benzene rings is 2. The molecule has 2 nitrogen and oxygen atoms in total. The Morgan fingerprint density at radius 3 is 2.35 bits per heavy atom. The molecule has 2 aromatic carbocycles. The molecule has 0 saturated heterocycles. The van der Waals surface area contributed by atoms with Crippen LogP contribution >= 0.6 is 23.2 Å². The summed E-state index contributed by atoms with van der Waals surface area (Å²) in [4.78, 5) is 10.4. The molecule has 2 rings (SSSR count). The fourth-order valence-electron chi connectivity index (χ4n) is 1.76. The first-order chi connectivity index (χ1) is 9.49. The maximum absolute atomic E-state index is 14.1. The van der Waals surface area contributed by atoms with E-state index in [1.165, 1.54) is 18.2 Å². The predicted octanol–water partition coefficient (Wildman–Crippen LogP) is 4.90. The van der Waals surface area contributed by atoms with Gasteiger partial charge in [0.25, 0.3) is 0 Å². The third kappa shape index (κ3) is 3.18. The van der Waals surface area contributed by atoms with Gasteiger partial charge in [0.2, 0.25) is 0 Å². The highest BCUT2D eigenvalue weighted by atomic mass is 35.5. The molecule has 0 spiro atoms. The summed E-state index contributed by atoms with van der Waals surface area (Å²) in [5, 5.41) is 9.24. The van der Waals surface area contributed by atoms with Crippen LogP contribution in [0.4, 0.5) is 4.39 Å². The summed E-state index contributed by atoms with van der Waals surface area (Å²) in [6.07, 6.45) is 2.25. The van der Waals surface area contributed by atoms with Crippen LogP contribution < -0.4 is 0 Å². The van der Waals surface area contributed by atoms with E-state index in [-0.39, 0.29) is 5.56 Å². The molecule has 5 heteroatoms. The van der Waals surface area contributed by atoms with Gasteiger partial charge in [-0.05, 0) is 29.8 Å². The van der Waals surface area contributed by atoms with Gasteiger partial charge in [0.1, 0.15) is 5.82 Å². The molecule has 20 heavy (non-hydrogen) atoms. The molecule has 102 valence electrons. The first-order valence-corrected chi connectivity index (χ1v) is 6.39. The van der Waals surface area contributed by atoms with Crippen LogP contribution in [0, 0.1) is 5.82 Å². The molecule has 0 aliphatic rings. The minimum atomic E-state index is -1.09. The van der Waals surface area contributed by atoms with E-state index < -0.39 is 11.8 Å². The number of carboxylic acids is 1. The third-order valence-corrected chi connectivity index (χ3v) is 3.27. The van der Waals surface area contributed by atoms with E-state index in [4.69, 9.17) is 28.3 Å². The van der Waals surface area contributed by atoms with Gasteiger partial charge < -0.3 is 5.11 Å². The lowest BCUT2D eigenvalue weighted by Gasteiger charge is -2.08. The molecular weight excluding hydrogens is 302 g/mol. The van der Waals surface area contributed by atoms with Crippen LogP contribution in [0.1, 0.15) is 5.56 Å². The standard InChI is InChI=1S/C15H9Cl2FO2/c16-11-2-1-3-12(17)15(11)10-6-4-9(8-13(10)18)5-7-14(19)20/h1-8H,(H,19,20)/b7-5+. The fraction of sp³-hybridized carbons (Fsp3) is 0. The normalized spacial score (nSPS) is 10.9. The first kappa shape index (κ1) is 14.6. The molecule has 0 unspecified atom stereocenters. The van der Waals surface area contributed by atoms with Crippen molar-refractivity contribution in [3.05, 3.63) is 63.9 Å². The van der Waals surface area contributed by atoms with Crippen molar-refractivity contribution in [3.8, 4) is 11.1 Å². The maximum atomic E-state index is 14.1.